The molecule has 0 heterocycles. The largest absolute Gasteiger partial charge is 0.380 e. The highest BCUT2D eigenvalue weighted by molar-refractivity contribution is 6.76. The third-order valence-electron chi connectivity index (χ3n) is 4.08. The van der Waals surface area contributed by atoms with E-state index in [0.29, 0.717) is 19.4 Å². The minimum Gasteiger partial charge on any atom is -0.380 e. The average Bonchev–Trinajstić information content (AvgIpc) is 2.85. The van der Waals surface area contributed by atoms with Gasteiger partial charge in [0, 0.05) is 27.4 Å². The van der Waals surface area contributed by atoms with Crippen LogP contribution < -0.4 is 0 Å². The van der Waals surface area contributed by atoms with Crippen LogP contribution in [0.2, 0.25) is 25.7 Å². The van der Waals surface area contributed by atoms with E-state index in [9.17, 15) is 8.78 Å². The minimum absolute atomic E-state index is 0.0439. The third-order valence-corrected chi connectivity index (χ3v) is 5.79. The van der Waals surface area contributed by atoms with Gasteiger partial charge in [0.05, 0.1) is 12.7 Å². The molecule has 0 aromatic heterocycles. The molecule has 0 amide bonds. The van der Waals surface area contributed by atoms with Gasteiger partial charge in [-0.3, -0.25) is 0 Å². The van der Waals surface area contributed by atoms with Crippen LogP contribution in [0.25, 0.3) is 0 Å². The number of fused-ring (bicyclic) bond motifs is 1. The predicted octanol–water partition coefficient (Wildman–Crippen LogP) is 4.43. The number of aryl methyl sites for hydroxylation is 1. The zero-order valence-corrected chi connectivity index (χ0v) is 15.4. The molecule has 6 heteroatoms. The maximum absolute atomic E-state index is 14.1. The fourth-order valence-electron chi connectivity index (χ4n) is 2.81. The number of benzene rings is 1. The van der Waals surface area contributed by atoms with Gasteiger partial charge in [-0.2, -0.15) is 0 Å². The summed E-state index contributed by atoms with van der Waals surface area (Å²) in [5.74, 6) is -1.65. The molecule has 1 aliphatic rings. The highest BCUT2D eigenvalue weighted by atomic mass is 28.3. The van der Waals surface area contributed by atoms with E-state index in [1.165, 1.54) is 13.2 Å². The number of methoxy groups -OCH3 is 1. The molecule has 1 atom stereocenters. The minimum atomic E-state index is -1.12. The molecule has 0 spiro atoms. The predicted molar refractivity (Wildman–Crippen MR) is 88.2 cm³/mol. The van der Waals surface area contributed by atoms with Crippen LogP contribution >= 0.6 is 0 Å². The van der Waals surface area contributed by atoms with Crippen LogP contribution in [-0.2, 0) is 27.2 Å². The Morgan fingerprint density at radius 1 is 1.26 bits per heavy atom. The van der Waals surface area contributed by atoms with Crippen molar-refractivity contribution in [2.75, 3.05) is 20.5 Å². The molecule has 23 heavy (non-hydrogen) atoms. The second kappa shape index (κ2) is 7.83. The van der Waals surface area contributed by atoms with Crippen molar-refractivity contribution in [3.63, 3.8) is 0 Å². The van der Waals surface area contributed by atoms with Crippen molar-refractivity contribution >= 4 is 8.07 Å². The maximum atomic E-state index is 14.1. The molecule has 0 bridgehead atoms. The van der Waals surface area contributed by atoms with Crippen LogP contribution in [0.15, 0.2) is 6.07 Å². The van der Waals surface area contributed by atoms with Gasteiger partial charge in [0.25, 0.3) is 0 Å². The van der Waals surface area contributed by atoms with Gasteiger partial charge in [0.2, 0.25) is 0 Å². The van der Waals surface area contributed by atoms with E-state index in [2.05, 4.69) is 19.6 Å². The van der Waals surface area contributed by atoms with Gasteiger partial charge in [-0.15, -0.1) is 0 Å². The Morgan fingerprint density at radius 2 is 2.00 bits per heavy atom. The number of hydrogen-bond donors (Lipinski definition) is 0. The van der Waals surface area contributed by atoms with Crippen molar-refractivity contribution < 1.29 is 23.0 Å². The SMILES string of the molecule is COCc1c(F)c(F)cc2c1C(OCOCC[Si](C)(C)C)CC2. The maximum Gasteiger partial charge on any atom is 0.164 e. The fourth-order valence-corrected chi connectivity index (χ4v) is 3.57. The molecule has 2 rings (SSSR count). The summed E-state index contributed by atoms with van der Waals surface area (Å²) in [6, 6.07) is 2.35. The molecular weight excluding hydrogens is 318 g/mol. The molecular formula is C17H26F2O3Si. The third kappa shape index (κ3) is 4.82. The van der Waals surface area contributed by atoms with E-state index < -0.39 is 19.7 Å². The fraction of sp³-hybridized carbons (Fsp3) is 0.647. The van der Waals surface area contributed by atoms with E-state index in [0.717, 1.165) is 17.2 Å². The highest BCUT2D eigenvalue weighted by Crippen LogP contribution is 2.38. The second-order valence-corrected chi connectivity index (χ2v) is 12.8. The summed E-state index contributed by atoms with van der Waals surface area (Å²) in [6.45, 7) is 7.77. The Kier molecular flexibility index (Phi) is 6.31. The van der Waals surface area contributed by atoms with Gasteiger partial charge in [-0.1, -0.05) is 19.6 Å². The standard InChI is InChI=1S/C17H26F2O3Si/c1-20-10-13-16-12(9-14(18)17(13)19)5-6-15(16)22-11-21-7-8-23(2,3)4/h9,15H,5-8,10-11H2,1-4H3. The molecule has 0 saturated carbocycles. The van der Waals surface area contributed by atoms with E-state index in [1.807, 2.05) is 0 Å². The Labute approximate surface area is 137 Å². The number of rotatable bonds is 8. The van der Waals surface area contributed by atoms with Crippen molar-refractivity contribution in [2.24, 2.45) is 0 Å². The molecule has 0 saturated heterocycles. The molecule has 0 fully saturated rings. The normalized spacial score (nSPS) is 17.6. The lowest BCUT2D eigenvalue weighted by molar-refractivity contribution is -0.0875. The van der Waals surface area contributed by atoms with E-state index in [4.69, 9.17) is 14.2 Å². The lowest BCUT2D eigenvalue weighted by Gasteiger charge is -2.19. The molecule has 3 nitrogen and oxygen atoms in total. The first kappa shape index (κ1) is 18.5. The van der Waals surface area contributed by atoms with Crippen LogP contribution in [-0.4, -0.2) is 28.6 Å². The number of halogens is 2. The van der Waals surface area contributed by atoms with E-state index in [1.54, 1.807) is 0 Å². The van der Waals surface area contributed by atoms with Gasteiger partial charge in [0.15, 0.2) is 11.6 Å². The topological polar surface area (TPSA) is 27.7 Å². The molecule has 1 aromatic carbocycles. The van der Waals surface area contributed by atoms with Crippen molar-refractivity contribution in [1.82, 2.24) is 0 Å². The summed E-state index contributed by atoms with van der Waals surface area (Å²) in [5.41, 5.74) is 1.81. The quantitative estimate of drug-likeness (QED) is 0.397. The first-order chi connectivity index (χ1) is 10.8. The average molecular weight is 344 g/mol. The smallest absolute Gasteiger partial charge is 0.164 e. The van der Waals surface area contributed by atoms with Crippen molar-refractivity contribution in [2.45, 2.75) is 51.2 Å². The summed E-state index contributed by atoms with van der Waals surface area (Å²) in [4.78, 5) is 0. The van der Waals surface area contributed by atoms with Gasteiger partial charge in [-0.25, -0.2) is 8.78 Å². The summed E-state index contributed by atoms with van der Waals surface area (Å²) < 4.78 is 44.1. The molecule has 1 unspecified atom stereocenters. The molecule has 1 aliphatic carbocycles. The van der Waals surface area contributed by atoms with Crippen LogP contribution in [0, 0.1) is 11.6 Å². The van der Waals surface area contributed by atoms with Gasteiger partial charge >= 0.3 is 0 Å². The van der Waals surface area contributed by atoms with Gasteiger partial charge < -0.3 is 14.2 Å². The summed E-state index contributed by atoms with van der Waals surface area (Å²) >= 11 is 0. The van der Waals surface area contributed by atoms with Gasteiger partial charge in [-0.05, 0) is 36.1 Å². The summed E-state index contributed by atoms with van der Waals surface area (Å²) in [6.07, 6.45) is 1.15. The molecule has 0 N–H and O–H groups in total. The molecule has 1 aromatic rings. The lowest BCUT2D eigenvalue weighted by atomic mass is 10.0. The Hall–Kier alpha value is -0.823. The first-order valence-electron chi connectivity index (χ1n) is 8.01. The van der Waals surface area contributed by atoms with Gasteiger partial charge in [0.1, 0.15) is 6.79 Å². The Bertz CT molecular complexity index is 544. The summed E-state index contributed by atoms with van der Waals surface area (Å²) in [5, 5.41) is 0. The Balaban J connectivity index is 1.99. The van der Waals surface area contributed by atoms with Crippen LogP contribution in [0.1, 0.15) is 29.2 Å². The lowest BCUT2D eigenvalue weighted by Crippen LogP contribution is -2.22. The molecule has 0 radical (unpaired) electrons. The van der Waals surface area contributed by atoms with Crippen molar-refractivity contribution in [3.05, 3.63) is 34.4 Å². The monoisotopic (exact) mass is 344 g/mol. The van der Waals surface area contributed by atoms with Crippen LogP contribution in [0.5, 0.6) is 0 Å². The summed E-state index contributed by atoms with van der Waals surface area (Å²) in [7, 11) is 0.355. The molecule has 0 aliphatic heterocycles. The van der Waals surface area contributed by atoms with Crippen molar-refractivity contribution in [3.8, 4) is 0 Å². The molecule has 130 valence electrons. The van der Waals surface area contributed by atoms with Crippen LogP contribution in [0.4, 0.5) is 8.78 Å². The first-order valence-corrected chi connectivity index (χ1v) is 11.7. The second-order valence-electron chi connectivity index (χ2n) is 7.19. The zero-order chi connectivity index (χ0) is 17.0. The van der Waals surface area contributed by atoms with Crippen molar-refractivity contribution in [1.29, 1.82) is 0 Å². The number of ether oxygens (including phenoxy) is 3. The van der Waals surface area contributed by atoms with E-state index >= 15 is 0 Å². The van der Waals surface area contributed by atoms with Crippen LogP contribution in [0.3, 0.4) is 0 Å². The zero-order valence-electron chi connectivity index (χ0n) is 14.4. The van der Waals surface area contributed by atoms with E-state index in [-0.39, 0.29) is 25.1 Å². The Morgan fingerprint density at radius 3 is 2.65 bits per heavy atom. The highest BCUT2D eigenvalue weighted by Gasteiger charge is 2.30. The number of hydrogen-bond acceptors (Lipinski definition) is 3.